The van der Waals surface area contributed by atoms with Crippen molar-refractivity contribution in [2.24, 2.45) is 17.8 Å². The second-order valence-electron chi connectivity index (χ2n) is 5.83. The molecule has 0 aromatic heterocycles. The molecule has 1 amide bonds. The van der Waals surface area contributed by atoms with Crippen LogP contribution in [0, 0.1) is 17.8 Å². The molecule has 0 spiro atoms. The summed E-state index contributed by atoms with van der Waals surface area (Å²) in [6.07, 6.45) is 6.08. The highest BCUT2D eigenvalue weighted by Crippen LogP contribution is 2.31. The first kappa shape index (κ1) is 13.2. The molecule has 0 aromatic carbocycles. The Morgan fingerprint density at radius 3 is 2.29 bits per heavy atom. The Kier molecular flexibility index (Phi) is 4.31. The molecule has 0 unspecified atom stereocenters. The van der Waals surface area contributed by atoms with Crippen LogP contribution in [-0.2, 0) is 4.79 Å². The van der Waals surface area contributed by atoms with Crippen molar-refractivity contribution in [1.82, 2.24) is 10.2 Å². The van der Waals surface area contributed by atoms with E-state index in [0.29, 0.717) is 11.8 Å². The van der Waals surface area contributed by atoms with E-state index in [1.54, 1.807) is 0 Å². The minimum Gasteiger partial charge on any atom is -0.342 e. The average molecular weight is 259 g/mol. The van der Waals surface area contributed by atoms with Crippen LogP contribution >= 0.6 is 12.4 Å². The van der Waals surface area contributed by atoms with Crippen molar-refractivity contribution >= 4 is 18.3 Å². The van der Waals surface area contributed by atoms with Crippen LogP contribution < -0.4 is 5.32 Å². The Hall–Kier alpha value is -0.280. The number of rotatable bonds is 2. The fraction of sp³-hybridized carbons (Fsp3) is 0.923. The zero-order chi connectivity index (χ0) is 11.0. The Bertz CT molecular complexity index is 267. The molecule has 3 rings (SSSR count). The molecule has 2 saturated heterocycles. The molecule has 0 bridgehead atoms. The van der Waals surface area contributed by atoms with E-state index in [1.807, 2.05) is 0 Å². The third-order valence-corrected chi connectivity index (χ3v) is 4.68. The predicted molar refractivity (Wildman–Crippen MR) is 70.3 cm³/mol. The van der Waals surface area contributed by atoms with Crippen LogP contribution in [0.25, 0.3) is 0 Å². The third-order valence-electron chi connectivity index (χ3n) is 4.68. The molecule has 3 fully saturated rings. The summed E-state index contributed by atoms with van der Waals surface area (Å²) in [5.74, 6) is 2.62. The first-order chi connectivity index (χ1) is 7.83. The lowest BCUT2D eigenvalue weighted by Crippen LogP contribution is -2.32. The largest absolute Gasteiger partial charge is 0.342 e. The summed E-state index contributed by atoms with van der Waals surface area (Å²) in [6.45, 7) is 4.28. The predicted octanol–water partition coefficient (Wildman–Crippen LogP) is 1.67. The van der Waals surface area contributed by atoms with Crippen LogP contribution in [0.5, 0.6) is 0 Å². The first-order valence-electron chi connectivity index (χ1n) is 6.81. The lowest BCUT2D eigenvalue weighted by molar-refractivity contribution is -0.131. The van der Waals surface area contributed by atoms with Gasteiger partial charge in [-0.15, -0.1) is 12.4 Å². The first-order valence-corrected chi connectivity index (χ1v) is 6.81. The van der Waals surface area contributed by atoms with Gasteiger partial charge in [-0.2, -0.15) is 0 Å². The molecular formula is C13H23ClN2O. The fourth-order valence-electron chi connectivity index (χ4n) is 3.65. The Labute approximate surface area is 110 Å². The van der Waals surface area contributed by atoms with E-state index in [2.05, 4.69) is 10.2 Å². The molecule has 2 heterocycles. The maximum atomic E-state index is 12.1. The number of halogens is 1. The summed E-state index contributed by atoms with van der Waals surface area (Å²) in [5, 5.41) is 3.42. The highest BCUT2D eigenvalue weighted by molar-refractivity contribution is 5.85. The summed E-state index contributed by atoms with van der Waals surface area (Å²) >= 11 is 0. The van der Waals surface area contributed by atoms with Gasteiger partial charge in [0.2, 0.25) is 5.91 Å². The van der Waals surface area contributed by atoms with Gasteiger partial charge in [-0.3, -0.25) is 4.79 Å². The van der Waals surface area contributed by atoms with Gasteiger partial charge in [0.1, 0.15) is 0 Å². The molecule has 3 aliphatic rings. The Morgan fingerprint density at radius 1 is 1.12 bits per heavy atom. The van der Waals surface area contributed by atoms with Crippen molar-refractivity contribution in [2.45, 2.75) is 32.1 Å². The van der Waals surface area contributed by atoms with Crippen molar-refractivity contribution in [3.63, 3.8) is 0 Å². The molecule has 17 heavy (non-hydrogen) atoms. The van der Waals surface area contributed by atoms with Crippen LogP contribution in [0.15, 0.2) is 0 Å². The standard InChI is InChI=1S/C13H22N2O.ClH/c16-13(5-10-3-1-2-4-10)15-8-11-6-14-7-12(11)9-15;/h10-12,14H,1-9H2;1H/t11-,12+;. The van der Waals surface area contributed by atoms with E-state index in [-0.39, 0.29) is 12.4 Å². The van der Waals surface area contributed by atoms with Crippen LogP contribution in [0.3, 0.4) is 0 Å². The molecule has 4 heteroatoms. The molecular weight excluding hydrogens is 236 g/mol. The van der Waals surface area contributed by atoms with E-state index >= 15 is 0 Å². The Morgan fingerprint density at radius 2 is 1.71 bits per heavy atom. The van der Waals surface area contributed by atoms with Gasteiger partial charge in [-0.05, 0) is 30.6 Å². The fourth-order valence-corrected chi connectivity index (χ4v) is 3.65. The summed E-state index contributed by atoms with van der Waals surface area (Å²) < 4.78 is 0. The summed E-state index contributed by atoms with van der Waals surface area (Å²) in [5.41, 5.74) is 0. The van der Waals surface area contributed by atoms with Gasteiger partial charge in [0.05, 0.1) is 0 Å². The maximum absolute atomic E-state index is 12.1. The normalized spacial score (nSPS) is 32.6. The van der Waals surface area contributed by atoms with E-state index in [1.165, 1.54) is 25.7 Å². The number of amides is 1. The summed E-state index contributed by atoms with van der Waals surface area (Å²) in [4.78, 5) is 14.3. The molecule has 1 aliphatic carbocycles. The van der Waals surface area contributed by atoms with Crippen LogP contribution in [0.4, 0.5) is 0 Å². The van der Waals surface area contributed by atoms with Crippen molar-refractivity contribution in [2.75, 3.05) is 26.2 Å². The quantitative estimate of drug-likeness (QED) is 0.817. The number of carbonyl (C=O) groups is 1. The molecule has 98 valence electrons. The minimum absolute atomic E-state index is 0. The number of hydrogen-bond donors (Lipinski definition) is 1. The molecule has 0 radical (unpaired) electrons. The highest BCUT2D eigenvalue weighted by atomic mass is 35.5. The van der Waals surface area contributed by atoms with Crippen molar-refractivity contribution in [3.8, 4) is 0 Å². The SMILES string of the molecule is Cl.O=C(CC1CCCC1)N1C[C@H]2CNC[C@H]2C1. The van der Waals surface area contributed by atoms with E-state index in [9.17, 15) is 4.79 Å². The molecule has 1 N–H and O–H groups in total. The number of fused-ring (bicyclic) bond motifs is 1. The van der Waals surface area contributed by atoms with Gasteiger partial charge in [-0.25, -0.2) is 0 Å². The van der Waals surface area contributed by atoms with Crippen LogP contribution in [-0.4, -0.2) is 37.0 Å². The summed E-state index contributed by atoms with van der Waals surface area (Å²) in [7, 11) is 0. The zero-order valence-electron chi connectivity index (χ0n) is 10.4. The van der Waals surface area contributed by atoms with Gasteiger partial charge in [0.15, 0.2) is 0 Å². The van der Waals surface area contributed by atoms with Gasteiger partial charge in [0, 0.05) is 32.6 Å². The molecule has 3 nitrogen and oxygen atoms in total. The summed E-state index contributed by atoms with van der Waals surface area (Å²) in [6, 6.07) is 0. The van der Waals surface area contributed by atoms with Crippen molar-refractivity contribution in [1.29, 1.82) is 0 Å². The smallest absolute Gasteiger partial charge is 0.222 e. The molecule has 2 atom stereocenters. The minimum atomic E-state index is 0. The molecule has 0 aromatic rings. The van der Waals surface area contributed by atoms with Crippen molar-refractivity contribution in [3.05, 3.63) is 0 Å². The monoisotopic (exact) mass is 258 g/mol. The second kappa shape index (κ2) is 5.57. The molecule has 2 aliphatic heterocycles. The van der Waals surface area contributed by atoms with Crippen LogP contribution in [0.1, 0.15) is 32.1 Å². The maximum Gasteiger partial charge on any atom is 0.222 e. The van der Waals surface area contributed by atoms with E-state index in [4.69, 9.17) is 0 Å². The number of hydrogen-bond acceptors (Lipinski definition) is 2. The number of carbonyl (C=O) groups excluding carboxylic acids is 1. The zero-order valence-corrected chi connectivity index (χ0v) is 11.2. The van der Waals surface area contributed by atoms with Crippen molar-refractivity contribution < 1.29 is 4.79 Å². The van der Waals surface area contributed by atoms with Crippen LogP contribution in [0.2, 0.25) is 0 Å². The lowest BCUT2D eigenvalue weighted by Gasteiger charge is -2.19. The molecule has 1 saturated carbocycles. The second-order valence-corrected chi connectivity index (χ2v) is 5.83. The van der Waals surface area contributed by atoms with E-state index in [0.717, 1.165) is 44.4 Å². The van der Waals surface area contributed by atoms with Gasteiger partial charge in [-0.1, -0.05) is 12.8 Å². The van der Waals surface area contributed by atoms with Gasteiger partial charge < -0.3 is 10.2 Å². The average Bonchev–Trinajstić information content (AvgIpc) is 2.91. The number of likely N-dealkylation sites (tertiary alicyclic amines) is 1. The Balaban J connectivity index is 0.00000108. The van der Waals surface area contributed by atoms with E-state index < -0.39 is 0 Å². The number of nitrogens with zero attached hydrogens (tertiary/aromatic N) is 1. The highest BCUT2D eigenvalue weighted by Gasteiger charge is 2.38. The number of nitrogens with one attached hydrogen (secondary N) is 1. The lowest BCUT2D eigenvalue weighted by atomic mass is 10.0. The third kappa shape index (κ3) is 2.76. The topological polar surface area (TPSA) is 32.3 Å². The van der Waals surface area contributed by atoms with Gasteiger partial charge in [0.25, 0.3) is 0 Å². The van der Waals surface area contributed by atoms with Gasteiger partial charge >= 0.3 is 0 Å².